The van der Waals surface area contributed by atoms with Crippen molar-refractivity contribution in [3.8, 4) is 16.9 Å². The lowest BCUT2D eigenvalue weighted by Gasteiger charge is -2.37. The highest BCUT2D eigenvalue weighted by Crippen LogP contribution is 2.34. The normalized spacial score (nSPS) is 18.3. The number of rotatable bonds is 7. The summed E-state index contributed by atoms with van der Waals surface area (Å²) >= 11 is 0. The summed E-state index contributed by atoms with van der Waals surface area (Å²) in [6.07, 6.45) is -1.68. The van der Waals surface area contributed by atoms with Crippen molar-refractivity contribution in [2.75, 3.05) is 29.9 Å². The molecule has 0 spiro atoms. The van der Waals surface area contributed by atoms with Gasteiger partial charge in [0, 0.05) is 43.3 Å². The number of carbonyl (C=O) groups excluding carboxylic acids is 1. The fourth-order valence-corrected chi connectivity index (χ4v) is 4.90. The maximum absolute atomic E-state index is 12.6. The number of morpholine rings is 1. The minimum Gasteiger partial charge on any atom is -0.406 e. The monoisotopic (exact) mass is 524 g/mol. The molecular weight excluding hydrogens is 493 g/mol. The smallest absolute Gasteiger partial charge is 0.406 e. The maximum Gasteiger partial charge on any atom is 0.573 e. The van der Waals surface area contributed by atoms with Gasteiger partial charge in [0.05, 0.1) is 12.2 Å². The Balaban J connectivity index is 1.59. The predicted molar refractivity (Wildman–Crippen MR) is 145 cm³/mol. The highest BCUT2D eigenvalue weighted by Gasteiger charge is 2.31. The van der Waals surface area contributed by atoms with Crippen molar-refractivity contribution in [2.24, 2.45) is 0 Å². The second-order valence-corrected chi connectivity index (χ2v) is 9.56. The van der Waals surface area contributed by atoms with E-state index in [1.807, 2.05) is 31.1 Å². The second kappa shape index (κ2) is 11.3. The lowest BCUT2D eigenvalue weighted by molar-refractivity contribution is -0.274. The molecule has 1 heterocycles. The molecule has 0 bridgehead atoms. The number of carbonyl (C=O) groups is 1. The highest BCUT2D eigenvalue weighted by atomic mass is 19.4. The molecule has 1 fully saturated rings. The number of aldehydes is 1. The lowest BCUT2D eigenvalue weighted by atomic mass is 9.91. The van der Waals surface area contributed by atoms with E-state index in [9.17, 15) is 18.0 Å². The molecule has 0 N–H and O–H groups in total. The summed E-state index contributed by atoms with van der Waals surface area (Å²) in [5, 5.41) is 0. The molecule has 5 nitrogen and oxygen atoms in total. The van der Waals surface area contributed by atoms with Crippen molar-refractivity contribution in [3.05, 3.63) is 84.1 Å². The van der Waals surface area contributed by atoms with E-state index in [4.69, 9.17) is 4.74 Å². The third-order valence-corrected chi connectivity index (χ3v) is 6.45. The fraction of sp³-hybridized carbons (Fsp3) is 0.300. The largest absolute Gasteiger partial charge is 0.573 e. The molecule has 1 saturated heterocycles. The summed E-state index contributed by atoms with van der Waals surface area (Å²) in [4.78, 5) is 16.2. The van der Waals surface area contributed by atoms with Crippen LogP contribution in [0.15, 0.2) is 72.9 Å². The molecule has 0 aromatic heterocycles. The van der Waals surface area contributed by atoms with E-state index < -0.39 is 6.36 Å². The molecule has 4 rings (SSSR count). The first-order chi connectivity index (χ1) is 18.0. The molecule has 38 heavy (non-hydrogen) atoms. The summed E-state index contributed by atoms with van der Waals surface area (Å²) < 4.78 is 47.5. The quantitative estimate of drug-likeness (QED) is 0.307. The van der Waals surface area contributed by atoms with Gasteiger partial charge in [-0.25, -0.2) is 0 Å². The van der Waals surface area contributed by atoms with E-state index in [0.29, 0.717) is 16.7 Å². The molecule has 3 aromatic carbocycles. The van der Waals surface area contributed by atoms with Crippen LogP contribution in [0, 0.1) is 0 Å². The first-order valence-corrected chi connectivity index (χ1v) is 12.4. The minimum atomic E-state index is -4.76. The first-order valence-electron chi connectivity index (χ1n) is 12.4. The number of allylic oxidation sites excluding steroid dienone is 1. The van der Waals surface area contributed by atoms with Crippen LogP contribution in [0.4, 0.5) is 24.5 Å². The summed E-state index contributed by atoms with van der Waals surface area (Å²) in [5.41, 5.74) is 5.56. The average molecular weight is 525 g/mol. The molecule has 3 aromatic rings. The van der Waals surface area contributed by atoms with Crippen LogP contribution < -0.4 is 14.5 Å². The number of halogens is 3. The van der Waals surface area contributed by atoms with Gasteiger partial charge in [0.1, 0.15) is 5.75 Å². The van der Waals surface area contributed by atoms with Crippen LogP contribution in [0.3, 0.4) is 0 Å². The van der Waals surface area contributed by atoms with Gasteiger partial charge in [0.2, 0.25) is 0 Å². The van der Waals surface area contributed by atoms with E-state index in [1.165, 1.54) is 12.1 Å². The van der Waals surface area contributed by atoms with E-state index in [1.54, 1.807) is 24.3 Å². The molecule has 0 aliphatic carbocycles. The van der Waals surface area contributed by atoms with Crippen LogP contribution in [0.2, 0.25) is 0 Å². The lowest BCUT2D eigenvalue weighted by Crippen LogP contribution is -2.45. The number of ether oxygens (including phenoxy) is 2. The van der Waals surface area contributed by atoms with Gasteiger partial charge in [-0.2, -0.15) is 0 Å². The van der Waals surface area contributed by atoms with E-state index in [0.717, 1.165) is 41.9 Å². The number of anilines is 2. The Kier molecular flexibility index (Phi) is 8.11. The Labute approximate surface area is 221 Å². The van der Waals surface area contributed by atoms with Crippen molar-refractivity contribution in [2.45, 2.75) is 39.3 Å². The summed E-state index contributed by atoms with van der Waals surface area (Å²) in [6, 6.07) is 19.3. The Hall–Kier alpha value is -3.78. The van der Waals surface area contributed by atoms with Gasteiger partial charge in [0.15, 0.2) is 6.29 Å². The Morgan fingerprint density at radius 3 is 2.21 bits per heavy atom. The van der Waals surface area contributed by atoms with Crippen molar-refractivity contribution in [3.63, 3.8) is 0 Å². The number of hydrogen-bond acceptors (Lipinski definition) is 5. The summed E-state index contributed by atoms with van der Waals surface area (Å²) in [6.45, 7) is 7.75. The zero-order valence-corrected chi connectivity index (χ0v) is 21.8. The summed E-state index contributed by atoms with van der Waals surface area (Å²) in [7, 11) is 1.93. The van der Waals surface area contributed by atoms with Crippen LogP contribution >= 0.6 is 0 Å². The van der Waals surface area contributed by atoms with Crippen LogP contribution in [0.5, 0.6) is 5.75 Å². The van der Waals surface area contributed by atoms with E-state index in [2.05, 4.69) is 47.7 Å². The topological polar surface area (TPSA) is 42.0 Å². The molecular formula is C30H31F3N2O3. The zero-order valence-electron chi connectivity index (χ0n) is 21.8. The standard InChI is InChI=1S/C30H31F3N2O3/c1-20(16-34(4)25-10-12-26(13-11-25)35-17-21(2)37-22(3)18-35)29-24(19-36)6-5-7-28(29)23-8-14-27(15-9-23)38-30(31,32)33/h5-16,19,21-22H,17-18H2,1-4H3/b20-16-. The zero-order chi connectivity index (χ0) is 27.4. The molecule has 0 radical (unpaired) electrons. The molecule has 1 aliphatic heterocycles. The predicted octanol–water partition coefficient (Wildman–Crippen LogP) is 7.18. The third-order valence-electron chi connectivity index (χ3n) is 6.45. The molecule has 0 amide bonds. The van der Waals surface area contributed by atoms with Gasteiger partial charge in [-0.3, -0.25) is 4.79 Å². The van der Waals surface area contributed by atoms with Crippen molar-refractivity contribution in [1.82, 2.24) is 0 Å². The van der Waals surface area contributed by atoms with Crippen molar-refractivity contribution in [1.29, 1.82) is 0 Å². The first kappa shape index (κ1) is 27.3. The fourth-order valence-electron chi connectivity index (χ4n) is 4.90. The number of alkyl halides is 3. The van der Waals surface area contributed by atoms with Crippen LogP contribution in [0.25, 0.3) is 16.7 Å². The molecule has 200 valence electrons. The van der Waals surface area contributed by atoms with E-state index in [-0.39, 0.29) is 18.0 Å². The van der Waals surface area contributed by atoms with Crippen molar-refractivity contribution >= 4 is 23.2 Å². The van der Waals surface area contributed by atoms with E-state index >= 15 is 0 Å². The van der Waals surface area contributed by atoms with Crippen molar-refractivity contribution < 1.29 is 27.4 Å². The van der Waals surface area contributed by atoms with Gasteiger partial charge in [-0.1, -0.05) is 30.3 Å². The van der Waals surface area contributed by atoms with Gasteiger partial charge in [-0.15, -0.1) is 13.2 Å². The maximum atomic E-state index is 12.6. The van der Waals surface area contributed by atoms with Crippen LogP contribution in [-0.2, 0) is 4.74 Å². The Morgan fingerprint density at radius 2 is 1.63 bits per heavy atom. The minimum absolute atomic E-state index is 0.173. The highest BCUT2D eigenvalue weighted by molar-refractivity contribution is 5.93. The second-order valence-electron chi connectivity index (χ2n) is 9.56. The number of nitrogens with zero attached hydrogens (tertiary/aromatic N) is 2. The van der Waals surface area contributed by atoms with Gasteiger partial charge < -0.3 is 19.3 Å². The van der Waals surface area contributed by atoms with Crippen LogP contribution in [-0.4, -0.2) is 45.0 Å². The van der Waals surface area contributed by atoms with Gasteiger partial charge in [-0.05, 0) is 79.4 Å². The Bertz CT molecular complexity index is 1280. The molecule has 2 atom stereocenters. The van der Waals surface area contributed by atoms with Gasteiger partial charge >= 0.3 is 6.36 Å². The number of benzene rings is 3. The molecule has 0 saturated carbocycles. The van der Waals surface area contributed by atoms with Gasteiger partial charge in [0.25, 0.3) is 0 Å². The SMILES string of the molecule is C/C(=C/N(C)c1ccc(N2CC(C)OC(C)C2)cc1)c1c(C=O)cccc1-c1ccc(OC(F)(F)F)cc1. The number of hydrogen-bond donors (Lipinski definition) is 0. The Morgan fingerprint density at radius 1 is 1.00 bits per heavy atom. The summed E-state index contributed by atoms with van der Waals surface area (Å²) in [5.74, 6) is -0.300. The van der Waals surface area contributed by atoms with Crippen LogP contribution in [0.1, 0.15) is 36.7 Å². The molecule has 8 heteroatoms. The molecule has 2 unspecified atom stereocenters. The molecule has 1 aliphatic rings. The average Bonchev–Trinajstić information content (AvgIpc) is 2.87. The third kappa shape index (κ3) is 6.55.